The summed E-state index contributed by atoms with van der Waals surface area (Å²) >= 11 is 1.62. The zero-order valence-corrected chi connectivity index (χ0v) is 18.8. The number of hydrogen-bond acceptors (Lipinski definition) is 3. The van der Waals surface area contributed by atoms with Crippen LogP contribution < -0.4 is 10.2 Å². The highest BCUT2D eigenvalue weighted by molar-refractivity contribution is 8.00. The molecule has 3 aromatic rings. The molecule has 158 valence electrons. The van der Waals surface area contributed by atoms with Crippen LogP contribution in [0, 0.1) is 6.92 Å². The molecule has 0 bridgehead atoms. The Balaban J connectivity index is 1.63. The molecule has 1 aliphatic rings. The molecular weight excluding hydrogens is 404 g/mol. The first-order valence-corrected chi connectivity index (χ1v) is 11.5. The largest absolute Gasteiger partial charge is 0.322 e. The first-order chi connectivity index (χ1) is 15.0. The lowest BCUT2D eigenvalue weighted by atomic mass is 10.00. The van der Waals surface area contributed by atoms with Gasteiger partial charge in [0.25, 0.3) is 5.91 Å². The first-order valence-electron chi connectivity index (χ1n) is 10.4. The standard InChI is InChI=1S/C26H26N2O2S/c1-17(2)21-12-6-7-14-23(21)28-24(29)16-31-26(28)19-10-8-11-20(15-19)27-25(30)22-13-5-4-9-18(22)3/h4-15,17,26H,16H2,1-3H3,(H,27,30)/t26-/m1/s1. The van der Waals surface area contributed by atoms with Gasteiger partial charge in [0.2, 0.25) is 5.91 Å². The number of anilines is 2. The van der Waals surface area contributed by atoms with Crippen LogP contribution in [0.5, 0.6) is 0 Å². The lowest BCUT2D eigenvalue weighted by molar-refractivity contribution is -0.115. The summed E-state index contributed by atoms with van der Waals surface area (Å²) in [4.78, 5) is 27.5. The van der Waals surface area contributed by atoms with Crippen LogP contribution in [0.3, 0.4) is 0 Å². The number of thioether (sulfide) groups is 1. The molecule has 4 rings (SSSR count). The second-order valence-corrected chi connectivity index (χ2v) is 9.10. The van der Waals surface area contributed by atoms with Crippen LogP contribution in [0.15, 0.2) is 72.8 Å². The van der Waals surface area contributed by atoms with Crippen molar-refractivity contribution in [2.75, 3.05) is 16.0 Å². The van der Waals surface area contributed by atoms with Gasteiger partial charge in [-0.2, -0.15) is 0 Å². The molecule has 5 heteroatoms. The van der Waals surface area contributed by atoms with E-state index in [0.717, 1.165) is 28.1 Å². The van der Waals surface area contributed by atoms with E-state index < -0.39 is 0 Å². The number of para-hydroxylation sites is 1. The molecule has 1 N–H and O–H groups in total. The Bertz CT molecular complexity index is 1130. The van der Waals surface area contributed by atoms with Crippen LogP contribution in [0.4, 0.5) is 11.4 Å². The summed E-state index contributed by atoms with van der Waals surface area (Å²) in [6.45, 7) is 6.21. The molecule has 31 heavy (non-hydrogen) atoms. The molecule has 1 saturated heterocycles. The average Bonchev–Trinajstić information content (AvgIpc) is 3.15. The van der Waals surface area contributed by atoms with E-state index >= 15 is 0 Å². The van der Waals surface area contributed by atoms with Crippen molar-refractivity contribution in [3.63, 3.8) is 0 Å². The van der Waals surface area contributed by atoms with Crippen molar-refractivity contribution < 1.29 is 9.59 Å². The van der Waals surface area contributed by atoms with Crippen molar-refractivity contribution in [3.8, 4) is 0 Å². The molecule has 0 unspecified atom stereocenters. The molecule has 0 saturated carbocycles. The smallest absolute Gasteiger partial charge is 0.255 e. The molecule has 1 heterocycles. The molecule has 3 aromatic carbocycles. The highest BCUT2D eigenvalue weighted by Gasteiger charge is 2.35. The van der Waals surface area contributed by atoms with E-state index in [2.05, 4.69) is 25.2 Å². The predicted octanol–water partition coefficient (Wildman–Crippen LogP) is 6.15. The van der Waals surface area contributed by atoms with Crippen molar-refractivity contribution in [2.45, 2.75) is 32.1 Å². The number of nitrogens with zero attached hydrogens (tertiary/aromatic N) is 1. The molecule has 4 nitrogen and oxygen atoms in total. The molecule has 2 amide bonds. The number of aryl methyl sites for hydroxylation is 1. The third-order valence-electron chi connectivity index (χ3n) is 5.51. The SMILES string of the molecule is Cc1ccccc1C(=O)Nc1cccc([C@H]2SCC(=O)N2c2ccccc2C(C)C)c1. The number of benzene rings is 3. The minimum Gasteiger partial charge on any atom is -0.322 e. The molecule has 0 aliphatic carbocycles. The minimum atomic E-state index is -0.132. The molecule has 0 aromatic heterocycles. The fourth-order valence-electron chi connectivity index (χ4n) is 3.92. The summed E-state index contributed by atoms with van der Waals surface area (Å²) in [5, 5.41) is 2.88. The number of carbonyl (C=O) groups excluding carboxylic acids is 2. The van der Waals surface area contributed by atoms with E-state index in [-0.39, 0.29) is 17.2 Å². The van der Waals surface area contributed by atoms with Gasteiger partial charge in [0.05, 0.1) is 5.75 Å². The summed E-state index contributed by atoms with van der Waals surface area (Å²) in [5.41, 5.74) is 5.44. The van der Waals surface area contributed by atoms with Crippen molar-refractivity contribution in [1.29, 1.82) is 0 Å². The molecule has 1 fully saturated rings. The molecule has 1 atom stereocenters. The Morgan fingerprint density at radius 1 is 1.03 bits per heavy atom. The van der Waals surface area contributed by atoms with Crippen molar-refractivity contribution >= 4 is 35.0 Å². The zero-order chi connectivity index (χ0) is 22.0. The first kappa shape index (κ1) is 21.2. The minimum absolute atomic E-state index is 0.109. The van der Waals surface area contributed by atoms with Gasteiger partial charge in [-0.1, -0.05) is 62.4 Å². The van der Waals surface area contributed by atoms with Gasteiger partial charge in [0.15, 0.2) is 0 Å². The quantitative estimate of drug-likeness (QED) is 0.528. The van der Waals surface area contributed by atoms with Gasteiger partial charge in [-0.25, -0.2) is 0 Å². The van der Waals surface area contributed by atoms with E-state index in [4.69, 9.17) is 0 Å². The number of hydrogen-bond donors (Lipinski definition) is 1. The van der Waals surface area contributed by atoms with Gasteiger partial charge in [-0.05, 0) is 53.8 Å². The van der Waals surface area contributed by atoms with E-state index in [1.807, 2.05) is 78.6 Å². The van der Waals surface area contributed by atoms with E-state index in [0.29, 0.717) is 17.2 Å². The van der Waals surface area contributed by atoms with Gasteiger partial charge in [0.1, 0.15) is 5.37 Å². The topological polar surface area (TPSA) is 49.4 Å². The average molecular weight is 431 g/mol. The number of carbonyl (C=O) groups is 2. The molecular formula is C26H26N2O2S. The number of rotatable bonds is 5. The summed E-state index contributed by atoms with van der Waals surface area (Å²) in [7, 11) is 0. The van der Waals surface area contributed by atoms with Gasteiger partial charge < -0.3 is 5.32 Å². The van der Waals surface area contributed by atoms with Crippen LogP contribution in [0.25, 0.3) is 0 Å². The second-order valence-electron chi connectivity index (χ2n) is 8.04. The summed E-state index contributed by atoms with van der Waals surface area (Å²) < 4.78 is 0. The van der Waals surface area contributed by atoms with Crippen LogP contribution in [-0.2, 0) is 4.79 Å². The Morgan fingerprint density at radius 2 is 1.77 bits per heavy atom. The zero-order valence-electron chi connectivity index (χ0n) is 18.0. The third kappa shape index (κ3) is 4.37. The summed E-state index contributed by atoms with van der Waals surface area (Å²) in [5.74, 6) is 0.733. The fourth-order valence-corrected chi connectivity index (χ4v) is 5.08. The van der Waals surface area contributed by atoms with Gasteiger partial charge in [-0.15, -0.1) is 11.8 Å². The predicted molar refractivity (Wildman–Crippen MR) is 129 cm³/mol. The van der Waals surface area contributed by atoms with Crippen LogP contribution in [0.1, 0.15) is 52.2 Å². The van der Waals surface area contributed by atoms with Crippen LogP contribution >= 0.6 is 11.8 Å². The van der Waals surface area contributed by atoms with E-state index in [1.54, 1.807) is 11.8 Å². The van der Waals surface area contributed by atoms with Gasteiger partial charge in [0, 0.05) is 16.9 Å². The highest BCUT2D eigenvalue weighted by atomic mass is 32.2. The maximum atomic E-state index is 12.9. The fraction of sp³-hybridized carbons (Fsp3) is 0.231. The second kappa shape index (κ2) is 8.98. The summed E-state index contributed by atoms with van der Waals surface area (Å²) in [6, 6.07) is 23.4. The van der Waals surface area contributed by atoms with E-state index in [1.165, 1.54) is 0 Å². The normalized spacial score (nSPS) is 16.1. The monoisotopic (exact) mass is 430 g/mol. The highest BCUT2D eigenvalue weighted by Crippen LogP contribution is 2.44. The van der Waals surface area contributed by atoms with Crippen molar-refractivity contribution in [1.82, 2.24) is 0 Å². The molecule has 1 aliphatic heterocycles. The molecule has 0 spiro atoms. The van der Waals surface area contributed by atoms with Crippen molar-refractivity contribution in [2.24, 2.45) is 0 Å². The summed E-state index contributed by atoms with van der Waals surface area (Å²) in [6.07, 6.45) is 0. The van der Waals surface area contributed by atoms with Crippen LogP contribution in [0.2, 0.25) is 0 Å². The van der Waals surface area contributed by atoms with Crippen molar-refractivity contribution in [3.05, 3.63) is 95.1 Å². The number of amides is 2. The number of nitrogens with one attached hydrogen (secondary N) is 1. The van der Waals surface area contributed by atoms with Gasteiger partial charge in [-0.3, -0.25) is 14.5 Å². The lowest BCUT2D eigenvalue weighted by Crippen LogP contribution is -2.29. The third-order valence-corrected chi connectivity index (χ3v) is 6.72. The Kier molecular flexibility index (Phi) is 6.14. The lowest BCUT2D eigenvalue weighted by Gasteiger charge is -2.28. The Morgan fingerprint density at radius 3 is 2.55 bits per heavy atom. The van der Waals surface area contributed by atoms with E-state index in [9.17, 15) is 9.59 Å². The maximum Gasteiger partial charge on any atom is 0.255 e. The Hall–Kier alpha value is -3.05. The molecule has 0 radical (unpaired) electrons. The Labute approximate surface area is 187 Å². The maximum absolute atomic E-state index is 12.9. The van der Waals surface area contributed by atoms with Gasteiger partial charge >= 0.3 is 0 Å². The van der Waals surface area contributed by atoms with Crippen LogP contribution in [-0.4, -0.2) is 17.6 Å².